The molecule has 2 fully saturated rings. The van der Waals surface area contributed by atoms with Crippen LogP contribution in [0.15, 0.2) is 30.7 Å². The molecule has 1 aliphatic heterocycles. The van der Waals surface area contributed by atoms with E-state index in [0.29, 0.717) is 23.7 Å². The molecule has 2 aromatic rings. The minimum absolute atomic E-state index is 0.313. The normalized spacial score (nSPS) is 17.6. The molecule has 1 saturated heterocycles. The minimum Gasteiger partial charge on any atom is -0.402 e. The molecule has 4 rings (SSSR count). The molecular formula is C22H29F3N6O. The van der Waals surface area contributed by atoms with E-state index in [0.717, 1.165) is 50.5 Å². The lowest BCUT2D eigenvalue weighted by atomic mass is 10.2. The molecule has 2 aromatic heterocycles. The largest absolute Gasteiger partial charge is 0.573 e. The number of likely N-dealkylation sites (N-methyl/N-ethyl adjacent to an activating group) is 1. The van der Waals surface area contributed by atoms with Crippen LogP contribution < -0.4 is 10.5 Å². The number of alkyl halides is 3. The van der Waals surface area contributed by atoms with E-state index in [-0.39, 0.29) is 5.82 Å². The van der Waals surface area contributed by atoms with Crippen molar-refractivity contribution in [2.24, 2.45) is 5.92 Å². The fraction of sp³-hybridized carbons (Fsp3) is 0.545. The molecule has 2 N–H and O–H groups in total. The Kier molecular flexibility index (Phi) is 6.32. The SMILES string of the molecule is C=C(CCn1cc(-c2cnc(N)c(OC(F)(F)F)c2)nc1CC1CC1)N1CCN(C)CC1. The van der Waals surface area contributed by atoms with Gasteiger partial charge in [-0.05, 0) is 31.9 Å². The van der Waals surface area contributed by atoms with Gasteiger partial charge in [-0.15, -0.1) is 13.2 Å². The van der Waals surface area contributed by atoms with Gasteiger partial charge in [0.25, 0.3) is 0 Å². The lowest BCUT2D eigenvalue weighted by Crippen LogP contribution is -2.43. The molecule has 0 unspecified atom stereocenters. The number of imidazole rings is 1. The predicted octanol–water partition coefficient (Wildman–Crippen LogP) is 3.53. The first kappa shape index (κ1) is 22.4. The number of hydrogen-bond donors (Lipinski definition) is 1. The van der Waals surface area contributed by atoms with Crippen LogP contribution in [0, 0.1) is 5.92 Å². The molecule has 0 atom stereocenters. The summed E-state index contributed by atoms with van der Waals surface area (Å²) in [6.07, 6.45) is 2.48. The maximum absolute atomic E-state index is 12.7. The number of anilines is 1. The standard InChI is InChI=1S/C22H29F3N6O/c1-15(30-9-7-29(2)8-10-30)5-6-31-14-18(28-20(31)11-16-3-4-16)17-12-19(21(26)27-13-17)32-22(23,24)25/h12-14,16H,1,3-11H2,2H3,(H2,26,27). The van der Waals surface area contributed by atoms with E-state index in [1.54, 1.807) is 0 Å². The number of aromatic nitrogens is 3. The van der Waals surface area contributed by atoms with Crippen molar-refractivity contribution in [2.45, 2.75) is 38.6 Å². The molecule has 0 radical (unpaired) electrons. The van der Waals surface area contributed by atoms with Crippen LogP contribution in [0.1, 0.15) is 25.1 Å². The summed E-state index contributed by atoms with van der Waals surface area (Å²) in [5, 5.41) is 0. The quantitative estimate of drug-likeness (QED) is 0.664. The number of ether oxygens (including phenoxy) is 1. The summed E-state index contributed by atoms with van der Waals surface area (Å²) >= 11 is 0. The molecule has 0 aromatic carbocycles. The van der Waals surface area contributed by atoms with Gasteiger partial charge in [0, 0.05) is 69.2 Å². The third kappa shape index (κ3) is 5.73. The highest BCUT2D eigenvalue weighted by atomic mass is 19.4. The predicted molar refractivity (Wildman–Crippen MR) is 116 cm³/mol. The van der Waals surface area contributed by atoms with Crippen molar-refractivity contribution >= 4 is 5.82 Å². The Morgan fingerprint density at radius 2 is 1.97 bits per heavy atom. The van der Waals surface area contributed by atoms with E-state index in [1.165, 1.54) is 25.1 Å². The minimum atomic E-state index is -4.84. The molecule has 0 amide bonds. The Morgan fingerprint density at radius 3 is 2.62 bits per heavy atom. The third-order valence-corrected chi connectivity index (χ3v) is 6.02. The van der Waals surface area contributed by atoms with Crippen LogP contribution in [0.25, 0.3) is 11.3 Å². The fourth-order valence-electron chi connectivity index (χ4n) is 3.86. The van der Waals surface area contributed by atoms with Gasteiger partial charge in [-0.3, -0.25) is 0 Å². The molecule has 0 spiro atoms. The lowest BCUT2D eigenvalue weighted by molar-refractivity contribution is -0.274. The Hall–Kier alpha value is -2.75. The number of nitrogens with two attached hydrogens (primary N) is 1. The number of rotatable bonds is 8. The number of halogens is 3. The molecule has 10 heteroatoms. The van der Waals surface area contributed by atoms with E-state index in [9.17, 15) is 13.2 Å². The Balaban J connectivity index is 1.51. The van der Waals surface area contributed by atoms with Crippen molar-refractivity contribution in [3.8, 4) is 17.0 Å². The van der Waals surface area contributed by atoms with Gasteiger partial charge in [0.2, 0.25) is 0 Å². The molecular weight excluding hydrogens is 421 g/mol. The molecule has 1 saturated carbocycles. The van der Waals surface area contributed by atoms with Gasteiger partial charge >= 0.3 is 6.36 Å². The highest BCUT2D eigenvalue weighted by Gasteiger charge is 2.32. The molecule has 174 valence electrons. The summed E-state index contributed by atoms with van der Waals surface area (Å²) < 4.78 is 44.2. The van der Waals surface area contributed by atoms with E-state index < -0.39 is 12.1 Å². The molecule has 7 nitrogen and oxygen atoms in total. The average Bonchev–Trinajstić information content (AvgIpc) is 3.45. The molecule has 1 aliphatic carbocycles. The molecule has 3 heterocycles. The summed E-state index contributed by atoms with van der Waals surface area (Å²) in [5.41, 5.74) is 7.66. The summed E-state index contributed by atoms with van der Waals surface area (Å²) in [6, 6.07) is 1.24. The number of pyridine rings is 1. The van der Waals surface area contributed by atoms with Gasteiger partial charge in [-0.25, -0.2) is 9.97 Å². The van der Waals surface area contributed by atoms with Gasteiger partial charge in [-0.1, -0.05) is 6.58 Å². The smallest absolute Gasteiger partial charge is 0.402 e. The number of allylic oxidation sites excluding steroid dienone is 1. The number of nitrogens with zero attached hydrogens (tertiary/aromatic N) is 5. The summed E-state index contributed by atoms with van der Waals surface area (Å²) in [4.78, 5) is 13.2. The second-order valence-corrected chi connectivity index (χ2v) is 8.64. The first-order chi connectivity index (χ1) is 15.2. The third-order valence-electron chi connectivity index (χ3n) is 6.02. The zero-order chi connectivity index (χ0) is 22.9. The van der Waals surface area contributed by atoms with E-state index in [2.05, 4.69) is 37.7 Å². The zero-order valence-corrected chi connectivity index (χ0v) is 18.2. The van der Waals surface area contributed by atoms with E-state index in [1.807, 2.05) is 6.20 Å². The van der Waals surface area contributed by atoms with Crippen molar-refractivity contribution < 1.29 is 17.9 Å². The Morgan fingerprint density at radius 1 is 1.25 bits per heavy atom. The highest BCUT2D eigenvalue weighted by molar-refractivity contribution is 5.63. The molecule has 32 heavy (non-hydrogen) atoms. The van der Waals surface area contributed by atoms with Crippen molar-refractivity contribution in [1.82, 2.24) is 24.3 Å². The van der Waals surface area contributed by atoms with Crippen molar-refractivity contribution in [1.29, 1.82) is 0 Å². The van der Waals surface area contributed by atoms with Gasteiger partial charge in [-0.2, -0.15) is 0 Å². The van der Waals surface area contributed by atoms with Crippen molar-refractivity contribution in [2.75, 3.05) is 39.0 Å². The monoisotopic (exact) mass is 450 g/mol. The number of aryl methyl sites for hydroxylation is 1. The summed E-state index contributed by atoms with van der Waals surface area (Å²) in [6.45, 7) is 8.97. The first-order valence-electron chi connectivity index (χ1n) is 10.9. The van der Waals surface area contributed by atoms with Crippen LogP contribution in [0.4, 0.5) is 19.0 Å². The van der Waals surface area contributed by atoms with E-state index in [4.69, 9.17) is 10.7 Å². The van der Waals surface area contributed by atoms with Crippen LogP contribution in [0.2, 0.25) is 0 Å². The summed E-state index contributed by atoms with van der Waals surface area (Å²) in [7, 11) is 2.12. The Labute approximate surface area is 185 Å². The van der Waals surface area contributed by atoms with E-state index >= 15 is 0 Å². The van der Waals surface area contributed by atoms with Crippen molar-refractivity contribution in [3.05, 3.63) is 36.6 Å². The average molecular weight is 451 g/mol. The van der Waals surface area contributed by atoms with Gasteiger partial charge in [0.05, 0.1) is 5.69 Å². The van der Waals surface area contributed by atoms with Gasteiger partial charge in [0.15, 0.2) is 11.6 Å². The topological polar surface area (TPSA) is 72.4 Å². The molecule has 2 aliphatic rings. The van der Waals surface area contributed by atoms with Crippen LogP contribution in [0.3, 0.4) is 0 Å². The zero-order valence-electron chi connectivity index (χ0n) is 18.2. The van der Waals surface area contributed by atoms with Crippen LogP contribution in [-0.4, -0.2) is 63.9 Å². The van der Waals surface area contributed by atoms with Crippen LogP contribution in [-0.2, 0) is 13.0 Å². The Bertz CT molecular complexity index is 961. The second kappa shape index (κ2) is 9.01. The fourth-order valence-corrected chi connectivity index (χ4v) is 3.86. The second-order valence-electron chi connectivity index (χ2n) is 8.64. The number of nitrogen functional groups attached to an aromatic ring is 1. The summed E-state index contributed by atoms with van der Waals surface area (Å²) in [5.74, 6) is 0.728. The number of hydrogen-bond acceptors (Lipinski definition) is 6. The van der Waals surface area contributed by atoms with Gasteiger partial charge in [0.1, 0.15) is 5.82 Å². The first-order valence-corrected chi connectivity index (χ1v) is 10.9. The van der Waals surface area contributed by atoms with Crippen molar-refractivity contribution in [3.63, 3.8) is 0 Å². The lowest BCUT2D eigenvalue weighted by Gasteiger charge is -2.35. The maximum Gasteiger partial charge on any atom is 0.573 e. The van der Waals surface area contributed by atoms with Crippen LogP contribution >= 0.6 is 0 Å². The van der Waals surface area contributed by atoms with Gasteiger partial charge < -0.3 is 24.8 Å². The number of piperazine rings is 1. The molecule has 0 bridgehead atoms. The van der Waals surface area contributed by atoms with Crippen LogP contribution in [0.5, 0.6) is 5.75 Å². The maximum atomic E-state index is 12.7. The highest BCUT2D eigenvalue weighted by Crippen LogP contribution is 2.34.